The van der Waals surface area contributed by atoms with Crippen molar-refractivity contribution in [3.8, 4) is 5.75 Å². The molecule has 0 amide bonds. The molecule has 0 bridgehead atoms. The van der Waals surface area contributed by atoms with E-state index in [0.717, 1.165) is 74.7 Å². The van der Waals surface area contributed by atoms with E-state index >= 15 is 0 Å². The average molecular weight is 443 g/mol. The fraction of sp³-hybridized carbons (Fsp3) is 0.609. The number of nitrogens with one attached hydrogen (secondary N) is 1. The van der Waals surface area contributed by atoms with Crippen molar-refractivity contribution >= 4 is 22.6 Å². The fourth-order valence-corrected chi connectivity index (χ4v) is 4.50. The van der Waals surface area contributed by atoms with Crippen LogP contribution in [0.15, 0.2) is 22.1 Å². The molecule has 1 saturated heterocycles. The highest BCUT2D eigenvalue weighted by Crippen LogP contribution is 2.41. The van der Waals surface area contributed by atoms with E-state index in [1.54, 1.807) is 6.07 Å². The first-order valence-corrected chi connectivity index (χ1v) is 11.5. The van der Waals surface area contributed by atoms with Gasteiger partial charge in [0.15, 0.2) is 11.6 Å². The molecule has 1 aromatic heterocycles. The number of aliphatic imine (C=N–C) groups is 2. The molecular formula is C23H31FN6O2. The quantitative estimate of drug-likeness (QED) is 0.718. The third-order valence-corrected chi connectivity index (χ3v) is 6.66. The molecule has 9 heteroatoms. The number of aliphatic hydroxyl groups excluding tert-OH is 1. The van der Waals surface area contributed by atoms with Gasteiger partial charge >= 0.3 is 0 Å². The molecule has 3 heterocycles. The van der Waals surface area contributed by atoms with Crippen molar-refractivity contribution in [1.29, 1.82) is 0 Å². The Morgan fingerprint density at radius 3 is 2.75 bits per heavy atom. The maximum atomic E-state index is 14.6. The number of benzene rings is 1. The zero-order chi connectivity index (χ0) is 22.3. The summed E-state index contributed by atoms with van der Waals surface area (Å²) in [6.07, 6.45) is 3.38. The number of hydrogen-bond donors (Lipinski definition) is 2. The fourth-order valence-electron chi connectivity index (χ4n) is 4.50. The van der Waals surface area contributed by atoms with Crippen LogP contribution in [0.5, 0.6) is 5.75 Å². The molecule has 1 atom stereocenters. The van der Waals surface area contributed by atoms with Crippen molar-refractivity contribution in [2.24, 2.45) is 9.98 Å². The van der Waals surface area contributed by atoms with E-state index < -0.39 is 0 Å². The smallest absolute Gasteiger partial charge is 0.167 e. The molecule has 32 heavy (non-hydrogen) atoms. The molecular weight excluding hydrogens is 411 g/mol. The lowest BCUT2D eigenvalue weighted by Crippen LogP contribution is -2.49. The van der Waals surface area contributed by atoms with E-state index in [9.17, 15) is 4.39 Å². The number of hydrogen-bond acceptors (Lipinski definition) is 7. The standard InChI is InChI=1S/C23H31FN6O2/c1-15-25-19(14-21(26-15)30-9-7-29(8-10-30)6-3-11-31)22-16-12-20(32-23(2)4-5-23)17(24)13-18(16)27-28-22/h12-13,19,31H,3-11,14H2,1-2H3,(H,27,28). The van der Waals surface area contributed by atoms with Gasteiger partial charge in [-0.25, -0.2) is 9.38 Å². The van der Waals surface area contributed by atoms with Crippen molar-refractivity contribution in [3.63, 3.8) is 0 Å². The van der Waals surface area contributed by atoms with Gasteiger partial charge < -0.3 is 14.7 Å². The molecule has 2 N–H and O–H groups in total. The van der Waals surface area contributed by atoms with E-state index in [1.807, 2.05) is 13.8 Å². The number of amidine groups is 2. The van der Waals surface area contributed by atoms with Crippen LogP contribution in [-0.2, 0) is 0 Å². The Bertz CT molecular complexity index is 1050. The molecule has 3 aliphatic rings. The van der Waals surface area contributed by atoms with E-state index in [-0.39, 0.29) is 29.8 Å². The Hall–Kier alpha value is -2.52. The van der Waals surface area contributed by atoms with Crippen molar-refractivity contribution in [2.45, 2.75) is 51.2 Å². The SMILES string of the molecule is CC1=NC(c2[nH]nc3cc(F)c(OC4(C)CC4)cc23)CC(N2CCN(CCCO)CC2)=N1. The number of halogens is 1. The number of fused-ring (bicyclic) bond motifs is 1. The van der Waals surface area contributed by atoms with Crippen molar-refractivity contribution in [2.75, 3.05) is 39.3 Å². The zero-order valence-electron chi connectivity index (χ0n) is 18.8. The molecule has 0 spiro atoms. The normalized spacial score (nSPS) is 23.2. The van der Waals surface area contributed by atoms with Gasteiger partial charge in [0, 0.05) is 57.2 Å². The number of nitrogens with zero attached hydrogens (tertiary/aromatic N) is 5. The molecule has 2 aliphatic heterocycles. The summed E-state index contributed by atoms with van der Waals surface area (Å²) < 4.78 is 20.5. The van der Waals surface area contributed by atoms with Gasteiger partial charge in [0.05, 0.1) is 11.2 Å². The number of rotatable bonds is 6. The molecule has 2 fully saturated rings. The van der Waals surface area contributed by atoms with Gasteiger partial charge in [-0.05, 0) is 39.2 Å². The molecule has 172 valence electrons. The van der Waals surface area contributed by atoms with Crippen LogP contribution in [-0.4, -0.2) is 81.7 Å². The Balaban J connectivity index is 1.34. The summed E-state index contributed by atoms with van der Waals surface area (Å²) in [7, 11) is 0. The first-order valence-electron chi connectivity index (χ1n) is 11.5. The van der Waals surface area contributed by atoms with E-state index in [0.29, 0.717) is 11.9 Å². The first-order chi connectivity index (χ1) is 15.4. The summed E-state index contributed by atoms with van der Waals surface area (Å²) in [4.78, 5) is 14.2. The zero-order valence-corrected chi connectivity index (χ0v) is 18.8. The number of aromatic nitrogens is 2. The molecule has 1 aromatic carbocycles. The minimum atomic E-state index is -0.381. The Morgan fingerprint density at radius 2 is 2.03 bits per heavy atom. The summed E-state index contributed by atoms with van der Waals surface area (Å²) in [6, 6.07) is 3.06. The number of H-pyrrole nitrogens is 1. The maximum Gasteiger partial charge on any atom is 0.167 e. The highest BCUT2D eigenvalue weighted by molar-refractivity contribution is 5.99. The summed E-state index contributed by atoms with van der Waals surface area (Å²) in [6.45, 7) is 8.85. The van der Waals surface area contributed by atoms with Crippen LogP contribution in [0.4, 0.5) is 4.39 Å². The van der Waals surface area contributed by atoms with Gasteiger partial charge in [0.25, 0.3) is 0 Å². The van der Waals surface area contributed by atoms with Gasteiger partial charge in [-0.15, -0.1) is 0 Å². The average Bonchev–Trinajstić information content (AvgIpc) is 3.37. The van der Waals surface area contributed by atoms with Crippen LogP contribution < -0.4 is 4.74 Å². The molecule has 1 saturated carbocycles. The van der Waals surface area contributed by atoms with Gasteiger partial charge in [-0.1, -0.05) is 0 Å². The third kappa shape index (κ3) is 4.36. The second-order valence-electron chi connectivity index (χ2n) is 9.32. The lowest BCUT2D eigenvalue weighted by molar-refractivity contribution is 0.164. The Kier molecular flexibility index (Phi) is 5.63. The summed E-state index contributed by atoms with van der Waals surface area (Å²) >= 11 is 0. The first kappa shape index (κ1) is 21.3. The van der Waals surface area contributed by atoms with E-state index in [4.69, 9.17) is 19.8 Å². The van der Waals surface area contributed by atoms with Gasteiger partial charge in [0.1, 0.15) is 23.3 Å². The largest absolute Gasteiger partial charge is 0.484 e. The highest BCUT2D eigenvalue weighted by atomic mass is 19.1. The predicted molar refractivity (Wildman–Crippen MR) is 122 cm³/mol. The lowest BCUT2D eigenvalue weighted by Gasteiger charge is -2.37. The number of piperazine rings is 1. The summed E-state index contributed by atoms with van der Waals surface area (Å²) in [5.41, 5.74) is 1.20. The van der Waals surface area contributed by atoms with Gasteiger partial charge in [0.2, 0.25) is 0 Å². The van der Waals surface area contributed by atoms with Gasteiger partial charge in [-0.3, -0.25) is 15.0 Å². The van der Waals surface area contributed by atoms with Crippen molar-refractivity contribution in [3.05, 3.63) is 23.6 Å². The molecule has 1 unspecified atom stereocenters. The monoisotopic (exact) mass is 442 g/mol. The van der Waals surface area contributed by atoms with E-state index in [1.165, 1.54) is 6.07 Å². The number of ether oxygens (including phenoxy) is 1. The summed E-state index contributed by atoms with van der Waals surface area (Å²) in [5.74, 6) is 1.68. The number of aromatic amines is 1. The number of aliphatic hydroxyl groups is 1. The topological polar surface area (TPSA) is 89.3 Å². The second kappa shape index (κ2) is 8.44. The van der Waals surface area contributed by atoms with Crippen LogP contribution in [0, 0.1) is 5.82 Å². The van der Waals surface area contributed by atoms with Crippen molar-refractivity contribution < 1.29 is 14.2 Å². The molecule has 2 aromatic rings. The maximum absolute atomic E-state index is 14.6. The molecule has 5 rings (SSSR count). The minimum absolute atomic E-state index is 0.144. The van der Waals surface area contributed by atoms with Gasteiger partial charge in [-0.2, -0.15) is 5.10 Å². The summed E-state index contributed by atoms with van der Waals surface area (Å²) in [5, 5.41) is 17.4. The predicted octanol–water partition coefficient (Wildman–Crippen LogP) is 2.90. The van der Waals surface area contributed by atoms with Crippen LogP contribution in [0.3, 0.4) is 0 Å². The highest BCUT2D eigenvalue weighted by Gasteiger charge is 2.41. The minimum Gasteiger partial charge on any atom is -0.484 e. The molecule has 1 aliphatic carbocycles. The molecule has 0 radical (unpaired) electrons. The van der Waals surface area contributed by atoms with Crippen LogP contribution in [0.25, 0.3) is 10.9 Å². The lowest BCUT2D eigenvalue weighted by atomic mass is 10.0. The van der Waals surface area contributed by atoms with Crippen molar-refractivity contribution in [1.82, 2.24) is 20.0 Å². The Morgan fingerprint density at radius 1 is 1.25 bits per heavy atom. The van der Waals surface area contributed by atoms with Crippen LogP contribution in [0.1, 0.15) is 51.3 Å². The van der Waals surface area contributed by atoms with E-state index in [2.05, 4.69) is 20.0 Å². The third-order valence-electron chi connectivity index (χ3n) is 6.66. The van der Waals surface area contributed by atoms with Crippen LogP contribution >= 0.6 is 0 Å². The Labute approximate surface area is 187 Å². The molecule has 8 nitrogen and oxygen atoms in total. The second-order valence-corrected chi connectivity index (χ2v) is 9.32. The van der Waals surface area contributed by atoms with Crippen LogP contribution in [0.2, 0.25) is 0 Å².